The highest BCUT2D eigenvalue weighted by Crippen LogP contribution is 2.49. The molecule has 1 fully saturated rings. The molecule has 6 nitrogen and oxygen atoms in total. The Morgan fingerprint density at radius 1 is 1.00 bits per heavy atom. The van der Waals surface area contributed by atoms with Gasteiger partial charge in [-0.05, 0) is 23.8 Å². The molecule has 0 bridgehead atoms. The highest BCUT2D eigenvalue weighted by atomic mass is 19.1. The fraction of sp³-hybridized carbons (Fsp3) is 0.280. The van der Waals surface area contributed by atoms with Crippen LogP contribution in [0.4, 0.5) is 4.39 Å². The molecule has 164 valence electrons. The van der Waals surface area contributed by atoms with Gasteiger partial charge in [0.2, 0.25) is 0 Å². The summed E-state index contributed by atoms with van der Waals surface area (Å²) in [7, 11) is 0. The molecule has 2 aliphatic heterocycles. The molecule has 0 unspecified atom stereocenters. The van der Waals surface area contributed by atoms with Gasteiger partial charge in [-0.15, -0.1) is 0 Å². The highest BCUT2D eigenvalue weighted by molar-refractivity contribution is 5.75. The van der Waals surface area contributed by atoms with Crippen LogP contribution in [0.25, 0.3) is 11.1 Å². The number of carboxylic acids is 1. The van der Waals surface area contributed by atoms with Gasteiger partial charge in [0, 0.05) is 42.8 Å². The van der Waals surface area contributed by atoms with Crippen molar-refractivity contribution in [1.29, 1.82) is 0 Å². The third kappa shape index (κ3) is 3.16. The summed E-state index contributed by atoms with van der Waals surface area (Å²) in [5.74, 6) is -2.19. The first kappa shape index (κ1) is 20.6. The van der Waals surface area contributed by atoms with Gasteiger partial charge in [0.15, 0.2) is 0 Å². The molecule has 3 aromatic rings. The number of aliphatic carboxylic acids is 1. The average molecular weight is 434 g/mol. The van der Waals surface area contributed by atoms with Crippen molar-refractivity contribution < 1.29 is 19.4 Å². The summed E-state index contributed by atoms with van der Waals surface area (Å²) in [5.41, 5.74) is 1.88. The number of rotatable bonds is 5. The van der Waals surface area contributed by atoms with E-state index in [1.165, 1.54) is 6.07 Å². The fourth-order valence-electron chi connectivity index (χ4n) is 5.44. The van der Waals surface area contributed by atoms with Crippen LogP contribution in [0.3, 0.4) is 0 Å². The Morgan fingerprint density at radius 3 is 2.41 bits per heavy atom. The molecule has 0 radical (unpaired) electrons. The van der Waals surface area contributed by atoms with Crippen molar-refractivity contribution in [2.45, 2.75) is 25.2 Å². The number of nitrogens with zero attached hydrogens (tertiary/aromatic N) is 2. The molecule has 0 saturated carbocycles. The maximum absolute atomic E-state index is 14.3. The van der Waals surface area contributed by atoms with E-state index in [9.17, 15) is 24.2 Å². The Labute approximate surface area is 184 Å². The number of pyridine rings is 1. The zero-order valence-corrected chi connectivity index (χ0v) is 17.3. The lowest BCUT2D eigenvalue weighted by molar-refractivity contribution is -0.145. The normalized spacial score (nSPS) is 24.3. The Bertz CT molecular complexity index is 1230. The molecule has 1 aromatic heterocycles. The maximum atomic E-state index is 14.3. The van der Waals surface area contributed by atoms with Crippen LogP contribution in [0.15, 0.2) is 71.5 Å². The third-order valence-corrected chi connectivity index (χ3v) is 6.82. The van der Waals surface area contributed by atoms with E-state index >= 15 is 0 Å². The topological polar surface area (TPSA) is 82.8 Å². The first-order valence-electron chi connectivity index (χ1n) is 10.6. The van der Waals surface area contributed by atoms with Gasteiger partial charge in [-0.3, -0.25) is 14.5 Å². The summed E-state index contributed by atoms with van der Waals surface area (Å²) in [6.07, 6.45) is 0. The van der Waals surface area contributed by atoms with E-state index < -0.39 is 23.7 Å². The quantitative estimate of drug-likeness (QED) is 0.645. The Hall–Kier alpha value is -3.29. The molecule has 3 heterocycles. The lowest BCUT2D eigenvalue weighted by atomic mass is 9.88. The van der Waals surface area contributed by atoms with Crippen molar-refractivity contribution in [3.05, 3.63) is 94.2 Å². The van der Waals surface area contributed by atoms with Gasteiger partial charge in [-0.25, -0.2) is 4.39 Å². The molecule has 5 rings (SSSR count). The van der Waals surface area contributed by atoms with E-state index in [-0.39, 0.29) is 35.3 Å². The molecule has 0 amide bonds. The number of likely N-dealkylation sites (tertiary alicyclic amines) is 1. The standard InChI is InChI=1S/C25H23FN2O4/c26-20-9-5-4-8-16(20)17-10-11-21-22-18(13-27(21)24(17)30)19(14-29)23(25(31)32)28(22)12-15-6-2-1-3-7-15/h1-11,18-19,22-23,29H,12-14H2,(H,31,32)/t18-,19-,22+,23-/m0/s1. The number of fused-ring (bicyclic) bond motifs is 3. The summed E-state index contributed by atoms with van der Waals surface area (Å²) in [6, 6.07) is 18.0. The van der Waals surface area contributed by atoms with Crippen LogP contribution in [0, 0.1) is 17.7 Å². The molecular weight excluding hydrogens is 411 g/mol. The van der Waals surface area contributed by atoms with Crippen molar-refractivity contribution >= 4 is 5.97 Å². The van der Waals surface area contributed by atoms with Gasteiger partial charge in [0.25, 0.3) is 5.56 Å². The zero-order chi connectivity index (χ0) is 22.4. The molecule has 32 heavy (non-hydrogen) atoms. The Balaban J connectivity index is 1.61. The van der Waals surface area contributed by atoms with Gasteiger partial charge in [0.1, 0.15) is 11.9 Å². The summed E-state index contributed by atoms with van der Waals surface area (Å²) >= 11 is 0. The van der Waals surface area contributed by atoms with Crippen molar-refractivity contribution in [2.24, 2.45) is 11.8 Å². The molecule has 7 heteroatoms. The largest absolute Gasteiger partial charge is 0.480 e. The summed E-state index contributed by atoms with van der Waals surface area (Å²) in [6.45, 7) is 0.395. The minimum atomic E-state index is -0.980. The number of hydrogen-bond acceptors (Lipinski definition) is 4. The van der Waals surface area contributed by atoms with Crippen LogP contribution in [0.2, 0.25) is 0 Å². The van der Waals surface area contributed by atoms with E-state index in [0.29, 0.717) is 18.8 Å². The van der Waals surface area contributed by atoms with Crippen molar-refractivity contribution in [2.75, 3.05) is 6.61 Å². The SMILES string of the molecule is O=C(O)[C@@H]1[C@@H](CO)[C@@H]2Cn3c(ccc(-c4ccccc4F)c3=O)[C@@H]2N1Cc1ccccc1. The summed E-state index contributed by atoms with van der Waals surface area (Å²) in [5, 5.41) is 20.1. The van der Waals surface area contributed by atoms with Gasteiger partial charge in [-0.1, -0.05) is 48.5 Å². The molecule has 0 aliphatic carbocycles. The summed E-state index contributed by atoms with van der Waals surface area (Å²) in [4.78, 5) is 27.4. The number of carbonyl (C=O) groups is 1. The van der Waals surface area contributed by atoms with Crippen LogP contribution in [0.1, 0.15) is 17.3 Å². The van der Waals surface area contributed by atoms with E-state index in [2.05, 4.69) is 0 Å². The van der Waals surface area contributed by atoms with E-state index in [1.807, 2.05) is 35.2 Å². The van der Waals surface area contributed by atoms with Gasteiger partial charge in [-0.2, -0.15) is 0 Å². The molecule has 1 saturated heterocycles. The predicted octanol–water partition coefficient (Wildman–Crippen LogP) is 2.90. The van der Waals surface area contributed by atoms with E-state index in [0.717, 1.165) is 5.56 Å². The Kier molecular flexibility index (Phi) is 5.15. The van der Waals surface area contributed by atoms with Gasteiger partial charge < -0.3 is 14.8 Å². The predicted molar refractivity (Wildman–Crippen MR) is 116 cm³/mol. The molecule has 0 spiro atoms. The second-order valence-electron chi connectivity index (χ2n) is 8.46. The average Bonchev–Trinajstić information content (AvgIpc) is 3.31. The lowest BCUT2D eigenvalue weighted by Gasteiger charge is -2.29. The number of aliphatic hydroxyl groups excluding tert-OH is 1. The number of aromatic nitrogens is 1. The van der Waals surface area contributed by atoms with Crippen LogP contribution >= 0.6 is 0 Å². The molecular formula is C25H23FN2O4. The second-order valence-corrected chi connectivity index (χ2v) is 8.46. The highest BCUT2D eigenvalue weighted by Gasteiger charge is 2.55. The Morgan fingerprint density at radius 2 is 1.72 bits per heavy atom. The smallest absolute Gasteiger partial charge is 0.321 e. The maximum Gasteiger partial charge on any atom is 0.321 e. The summed E-state index contributed by atoms with van der Waals surface area (Å²) < 4.78 is 16.0. The lowest BCUT2D eigenvalue weighted by Crippen LogP contribution is -2.42. The molecule has 2 N–H and O–H groups in total. The van der Waals surface area contributed by atoms with Crippen LogP contribution in [-0.2, 0) is 17.9 Å². The fourth-order valence-corrected chi connectivity index (χ4v) is 5.44. The van der Waals surface area contributed by atoms with Crippen molar-refractivity contribution in [3.63, 3.8) is 0 Å². The first-order valence-corrected chi connectivity index (χ1v) is 10.6. The zero-order valence-electron chi connectivity index (χ0n) is 17.3. The number of hydrogen-bond donors (Lipinski definition) is 2. The minimum Gasteiger partial charge on any atom is -0.480 e. The minimum absolute atomic E-state index is 0.228. The number of aliphatic hydroxyl groups is 1. The van der Waals surface area contributed by atoms with E-state index in [1.54, 1.807) is 34.9 Å². The second kappa shape index (κ2) is 8.00. The van der Waals surface area contributed by atoms with Gasteiger partial charge >= 0.3 is 5.97 Å². The van der Waals surface area contributed by atoms with Crippen LogP contribution < -0.4 is 5.56 Å². The van der Waals surface area contributed by atoms with Crippen molar-refractivity contribution in [1.82, 2.24) is 9.47 Å². The monoisotopic (exact) mass is 434 g/mol. The van der Waals surface area contributed by atoms with E-state index in [4.69, 9.17) is 0 Å². The third-order valence-electron chi connectivity index (χ3n) is 6.82. The molecule has 2 aliphatic rings. The van der Waals surface area contributed by atoms with Crippen molar-refractivity contribution in [3.8, 4) is 11.1 Å². The number of carboxylic acid groups (broad SMARTS) is 1. The van der Waals surface area contributed by atoms with Crippen LogP contribution in [-0.4, -0.2) is 38.3 Å². The molecule has 2 aromatic carbocycles. The van der Waals surface area contributed by atoms with Gasteiger partial charge in [0.05, 0.1) is 11.6 Å². The van der Waals surface area contributed by atoms with Crippen LogP contribution in [0.5, 0.6) is 0 Å². The first-order chi connectivity index (χ1) is 15.5. The number of benzene rings is 2. The number of halogens is 1. The molecule has 4 atom stereocenters.